The molecule has 1 amide bonds. The van der Waals surface area contributed by atoms with Crippen LogP contribution >= 0.6 is 11.3 Å². The van der Waals surface area contributed by atoms with E-state index in [1.807, 2.05) is 26.0 Å². The number of ether oxygens (including phenoxy) is 5. The van der Waals surface area contributed by atoms with Gasteiger partial charge in [-0.1, -0.05) is 37.3 Å². The minimum absolute atomic E-state index is 0.0359. The largest absolute Gasteiger partial charge is 0.497 e. The van der Waals surface area contributed by atoms with Crippen LogP contribution in [-0.2, 0) is 35.4 Å². The number of nitrogens with one attached hydrogen (secondary N) is 2. The van der Waals surface area contributed by atoms with E-state index in [9.17, 15) is 18.3 Å². The van der Waals surface area contributed by atoms with Crippen LogP contribution in [-0.4, -0.2) is 104 Å². The Morgan fingerprint density at radius 3 is 2.67 bits per heavy atom. The number of anilines is 1. The number of alkyl carbamates (subject to hydrolysis) is 1. The van der Waals surface area contributed by atoms with Gasteiger partial charge in [0.05, 0.1) is 41.0 Å². The third-order valence-electron chi connectivity index (χ3n) is 10.2. The Kier molecular flexibility index (Phi) is 8.53. The normalized spacial score (nSPS) is 29.6. The van der Waals surface area contributed by atoms with Crippen molar-refractivity contribution in [1.29, 1.82) is 0 Å². The molecule has 15 heteroatoms. The molecule has 2 bridgehead atoms. The molecule has 49 heavy (non-hydrogen) atoms. The first-order chi connectivity index (χ1) is 23.5. The van der Waals surface area contributed by atoms with Gasteiger partial charge in [0.1, 0.15) is 23.6 Å². The topological polar surface area (TPSA) is 158 Å². The number of benzene rings is 2. The quantitative estimate of drug-likeness (QED) is 0.225. The zero-order valence-corrected chi connectivity index (χ0v) is 29.2. The number of hydrogen-bond acceptors (Lipinski definition) is 12. The maximum Gasteiger partial charge on any atom is 0.407 e. The van der Waals surface area contributed by atoms with Gasteiger partial charge in [0, 0.05) is 25.0 Å². The molecular weight excluding hydrogens is 673 g/mol. The molecular formula is C34H42N4O9S2. The second-order valence-corrected chi connectivity index (χ2v) is 17.2. The lowest BCUT2D eigenvalue weighted by Gasteiger charge is -2.61. The Labute approximate surface area is 289 Å². The Balaban J connectivity index is 1.01. The minimum Gasteiger partial charge on any atom is -0.497 e. The number of sulfonamides is 1. The third kappa shape index (κ3) is 6.17. The molecule has 5 aliphatic rings. The van der Waals surface area contributed by atoms with Crippen molar-refractivity contribution in [2.75, 3.05) is 32.1 Å². The summed E-state index contributed by atoms with van der Waals surface area (Å²) in [5.41, 5.74) is 1.07. The molecule has 264 valence electrons. The first kappa shape index (κ1) is 33.1. The highest BCUT2D eigenvalue weighted by atomic mass is 32.2. The summed E-state index contributed by atoms with van der Waals surface area (Å²) in [6.45, 7) is 4.20. The zero-order chi connectivity index (χ0) is 34.1. The molecule has 2 aliphatic carbocycles. The van der Waals surface area contributed by atoms with Gasteiger partial charge < -0.3 is 39.4 Å². The molecule has 2 aromatic carbocycles. The third-order valence-corrected chi connectivity index (χ3v) is 13.0. The number of nitrogens with zero attached hydrogens (tertiary/aromatic N) is 2. The first-order valence-corrected chi connectivity index (χ1v) is 19.2. The van der Waals surface area contributed by atoms with Crippen LogP contribution in [0.5, 0.6) is 5.75 Å². The Morgan fingerprint density at radius 1 is 1.18 bits per heavy atom. The summed E-state index contributed by atoms with van der Waals surface area (Å²) in [5, 5.41) is 18.8. The summed E-state index contributed by atoms with van der Waals surface area (Å²) in [6.07, 6.45) is -0.571. The van der Waals surface area contributed by atoms with Crippen LogP contribution in [0.15, 0.2) is 47.4 Å². The molecule has 3 N–H and O–H groups in total. The van der Waals surface area contributed by atoms with E-state index >= 15 is 0 Å². The number of fused-ring (bicyclic) bond motifs is 2. The number of carbonyl (C=O) groups excluding carboxylic acids is 1. The summed E-state index contributed by atoms with van der Waals surface area (Å²) in [5.74, 6) is 0.875. The molecule has 0 radical (unpaired) electrons. The van der Waals surface area contributed by atoms with Crippen LogP contribution in [0.3, 0.4) is 0 Å². The van der Waals surface area contributed by atoms with Gasteiger partial charge in [0.15, 0.2) is 17.5 Å². The second kappa shape index (κ2) is 12.6. The summed E-state index contributed by atoms with van der Waals surface area (Å²) in [7, 11) is -2.47. The fraction of sp³-hybridized carbons (Fsp3) is 0.588. The van der Waals surface area contributed by atoms with E-state index in [2.05, 4.69) is 15.6 Å². The van der Waals surface area contributed by atoms with Crippen LogP contribution in [0.2, 0.25) is 0 Å². The average Bonchev–Trinajstić information content (AvgIpc) is 3.69. The highest BCUT2D eigenvalue weighted by Gasteiger charge is 2.77. The highest BCUT2D eigenvalue weighted by molar-refractivity contribution is 7.89. The Bertz CT molecular complexity index is 1820. The SMILES string of the molecule is COc1ccc(CC(NC(=O)OC2C3CC4C(O3)OC43COC23)C(O)CN(CC(C)C)S(=O)(=O)c2ccc3nc(NC4CC4)sc3c2)cc1. The Hall–Kier alpha value is -3.05. The molecule has 3 aromatic rings. The van der Waals surface area contributed by atoms with E-state index < -0.39 is 46.1 Å². The zero-order valence-electron chi connectivity index (χ0n) is 27.6. The van der Waals surface area contributed by atoms with E-state index in [0.29, 0.717) is 18.4 Å². The van der Waals surface area contributed by atoms with Gasteiger partial charge in [0.25, 0.3) is 0 Å². The van der Waals surface area contributed by atoms with Crippen LogP contribution in [0.25, 0.3) is 10.2 Å². The van der Waals surface area contributed by atoms with Crippen molar-refractivity contribution >= 4 is 42.8 Å². The molecule has 3 saturated heterocycles. The maximum atomic E-state index is 14.2. The molecule has 1 aromatic heterocycles. The smallest absolute Gasteiger partial charge is 0.407 e. The number of methoxy groups -OCH3 is 1. The number of amides is 1. The second-order valence-electron chi connectivity index (χ2n) is 14.2. The molecule has 8 rings (SSSR count). The van der Waals surface area contributed by atoms with E-state index in [1.54, 1.807) is 37.4 Å². The van der Waals surface area contributed by atoms with Gasteiger partial charge in [-0.3, -0.25) is 0 Å². The number of thiazole rings is 1. The number of hydrogen-bond donors (Lipinski definition) is 3. The fourth-order valence-electron chi connectivity index (χ4n) is 7.44. The van der Waals surface area contributed by atoms with Crippen molar-refractivity contribution in [3.05, 3.63) is 48.0 Å². The minimum atomic E-state index is -4.04. The van der Waals surface area contributed by atoms with Crippen LogP contribution in [0.1, 0.15) is 38.7 Å². The number of carbonyl (C=O) groups is 1. The monoisotopic (exact) mass is 714 g/mol. The molecule has 2 saturated carbocycles. The van der Waals surface area contributed by atoms with Crippen molar-refractivity contribution < 1.29 is 42.0 Å². The molecule has 3 aliphatic heterocycles. The van der Waals surface area contributed by atoms with Crippen molar-refractivity contribution in [1.82, 2.24) is 14.6 Å². The number of rotatable bonds is 14. The summed E-state index contributed by atoms with van der Waals surface area (Å²) in [6, 6.07) is 11.7. The van der Waals surface area contributed by atoms with Gasteiger partial charge in [0.2, 0.25) is 10.0 Å². The summed E-state index contributed by atoms with van der Waals surface area (Å²) >= 11 is 1.43. The fourth-order valence-corrected chi connectivity index (χ4v) is 10.1. The van der Waals surface area contributed by atoms with Crippen molar-refractivity contribution in [3.8, 4) is 5.75 Å². The van der Waals surface area contributed by atoms with E-state index in [1.165, 1.54) is 15.6 Å². The number of aromatic nitrogens is 1. The van der Waals surface area contributed by atoms with Crippen molar-refractivity contribution in [3.63, 3.8) is 0 Å². The predicted molar refractivity (Wildman–Crippen MR) is 180 cm³/mol. The maximum absolute atomic E-state index is 14.2. The molecule has 8 atom stereocenters. The van der Waals surface area contributed by atoms with Crippen LogP contribution in [0, 0.1) is 11.8 Å². The summed E-state index contributed by atoms with van der Waals surface area (Å²) < 4.78 is 59.4. The summed E-state index contributed by atoms with van der Waals surface area (Å²) in [4.78, 5) is 18.2. The van der Waals surface area contributed by atoms with Gasteiger partial charge in [-0.25, -0.2) is 18.2 Å². The van der Waals surface area contributed by atoms with Crippen molar-refractivity contribution in [2.24, 2.45) is 11.8 Å². The van der Waals surface area contributed by atoms with Gasteiger partial charge in [-0.15, -0.1) is 0 Å². The van der Waals surface area contributed by atoms with E-state index in [0.717, 1.165) is 40.2 Å². The molecule has 4 heterocycles. The predicted octanol–water partition coefficient (Wildman–Crippen LogP) is 3.51. The van der Waals surface area contributed by atoms with E-state index in [4.69, 9.17) is 23.7 Å². The molecule has 5 fully saturated rings. The van der Waals surface area contributed by atoms with Crippen molar-refractivity contribution in [2.45, 2.75) is 92.8 Å². The standard InChI is InChI=1S/C34H42N4O9S2/c1-18(2)15-38(49(41,42)22-10-11-24-28(13-22)48-32(36-24)35-20-6-7-20)16-26(39)25(12-19-4-8-21(43-3)9-5-19)37-33(40)46-29-27-14-23-31(45-27)47-34(23)17-44-30(29)34/h4-5,8-11,13,18,20,23,25-27,29-31,39H,6-7,12,14-17H2,1-3H3,(H,35,36)(H,37,40). The van der Waals surface area contributed by atoms with E-state index in [-0.39, 0.29) is 48.6 Å². The first-order valence-electron chi connectivity index (χ1n) is 16.9. The van der Waals surface area contributed by atoms with Gasteiger partial charge >= 0.3 is 6.09 Å². The average molecular weight is 715 g/mol. The number of aliphatic hydroxyl groups excluding tert-OH is 1. The molecule has 1 spiro atoms. The lowest BCUT2D eigenvalue weighted by Crippen LogP contribution is -2.78. The van der Waals surface area contributed by atoms with Gasteiger partial charge in [-0.05, 0) is 67.5 Å². The van der Waals surface area contributed by atoms with Crippen LogP contribution < -0.4 is 15.4 Å². The molecule has 13 nitrogen and oxygen atoms in total. The number of aliphatic hydroxyl groups is 1. The molecule has 8 unspecified atom stereocenters. The van der Waals surface area contributed by atoms with Gasteiger partial charge in [-0.2, -0.15) is 4.31 Å². The Morgan fingerprint density at radius 2 is 1.98 bits per heavy atom. The highest BCUT2D eigenvalue weighted by Crippen LogP contribution is 2.61. The van der Waals surface area contributed by atoms with Crippen LogP contribution in [0.4, 0.5) is 9.93 Å². The lowest BCUT2D eigenvalue weighted by atomic mass is 9.66. The lowest BCUT2D eigenvalue weighted by molar-refractivity contribution is -0.409.